The standard InChI is InChI=1S/C13H20N2OS/c1-2-3-12-8-11(10-16)9-13(14-12)15-4-6-17-7-5-15/h8-9,16H,2-7,10H2,1H3. The topological polar surface area (TPSA) is 36.4 Å². The van der Waals surface area contributed by atoms with Gasteiger partial charge in [-0.2, -0.15) is 11.8 Å². The highest BCUT2D eigenvalue weighted by Gasteiger charge is 2.13. The lowest BCUT2D eigenvalue weighted by Gasteiger charge is -2.28. The van der Waals surface area contributed by atoms with Crippen molar-refractivity contribution < 1.29 is 5.11 Å². The van der Waals surface area contributed by atoms with Gasteiger partial charge >= 0.3 is 0 Å². The van der Waals surface area contributed by atoms with E-state index < -0.39 is 0 Å². The molecule has 2 rings (SSSR count). The Kier molecular flexibility index (Phi) is 4.68. The molecule has 1 aromatic heterocycles. The molecule has 0 aliphatic carbocycles. The molecule has 0 radical (unpaired) electrons. The Morgan fingerprint density at radius 3 is 2.76 bits per heavy atom. The van der Waals surface area contributed by atoms with E-state index in [2.05, 4.69) is 11.8 Å². The number of aryl methyl sites for hydroxylation is 1. The Labute approximate surface area is 107 Å². The molecule has 0 bridgehead atoms. The van der Waals surface area contributed by atoms with Gasteiger partial charge in [-0.05, 0) is 24.1 Å². The first-order chi connectivity index (χ1) is 8.33. The maximum absolute atomic E-state index is 9.30. The van der Waals surface area contributed by atoms with Gasteiger partial charge in [0.1, 0.15) is 5.82 Å². The monoisotopic (exact) mass is 252 g/mol. The van der Waals surface area contributed by atoms with Gasteiger partial charge < -0.3 is 10.0 Å². The zero-order valence-corrected chi connectivity index (χ0v) is 11.2. The molecule has 3 nitrogen and oxygen atoms in total. The third-order valence-electron chi connectivity index (χ3n) is 2.95. The van der Waals surface area contributed by atoms with E-state index in [1.807, 2.05) is 23.9 Å². The summed E-state index contributed by atoms with van der Waals surface area (Å²) in [5.41, 5.74) is 2.09. The molecule has 0 saturated carbocycles. The van der Waals surface area contributed by atoms with Crippen molar-refractivity contribution in [2.45, 2.75) is 26.4 Å². The Morgan fingerprint density at radius 1 is 1.35 bits per heavy atom. The summed E-state index contributed by atoms with van der Waals surface area (Å²) in [4.78, 5) is 7.03. The first kappa shape index (κ1) is 12.7. The van der Waals surface area contributed by atoms with Crippen LogP contribution in [-0.2, 0) is 13.0 Å². The number of aromatic nitrogens is 1. The average molecular weight is 252 g/mol. The van der Waals surface area contributed by atoms with Crippen LogP contribution in [0.1, 0.15) is 24.6 Å². The zero-order chi connectivity index (χ0) is 12.1. The largest absolute Gasteiger partial charge is 0.392 e. The second-order valence-electron chi connectivity index (χ2n) is 4.33. The summed E-state index contributed by atoms with van der Waals surface area (Å²) in [5, 5.41) is 9.30. The number of aliphatic hydroxyl groups excluding tert-OH is 1. The SMILES string of the molecule is CCCc1cc(CO)cc(N2CCSCC2)n1. The van der Waals surface area contributed by atoms with Crippen LogP contribution in [0.2, 0.25) is 0 Å². The second kappa shape index (κ2) is 6.26. The number of anilines is 1. The molecular formula is C13H20N2OS. The predicted molar refractivity (Wildman–Crippen MR) is 73.7 cm³/mol. The van der Waals surface area contributed by atoms with Crippen LogP contribution in [-0.4, -0.2) is 34.7 Å². The molecule has 0 spiro atoms. The Balaban J connectivity index is 2.21. The van der Waals surface area contributed by atoms with Gasteiger partial charge in [0.15, 0.2) is 0 Å². The van der Waals surface area contributed by atoms with E-state index >= 15 is 0 Å². The zero-order valence-electron chi connectivity index (χ0n) is 10.4. The number of thioether (sulfide) groups is 1. The quantitative estimate of drug-likeness (QED) is 0.890. The van der Waals surface area contributed by atoms with Crippen molar-refractivity contribution in [2.75, 3.05) is 29.5 Å². The van der Waals surface area contributed by atoms with E-state index in [4.69, 9.17) is 4.98 Å². The van der Waals surface area contributed by atoms with Crippen LogP contribution in [0.25, 0.3) is 0 Å². The Hall–Kier alpha value is -0.740. The van der Waals surface area contributed by atoms with E-state index in [1.165, 1.54) is 11.5 Å². The second-order valence-corrected chi connectivity index (χ2v) is 5.56. The highest BCUT2D eigenvalue weighted by Crippen LogP contribution is 2.20. The molecule has 1 aliphatic heterocycles. The number of hydrogen-bond acceptors (Lipinski definition) is 4. The van der Waals surface area contributed by atoms with E-state index in [-0.39, 0.29) is 6.61 Å². The van der Waals surface area contributed by atoms with Crippen LogP contribution in [0.15, 0.2) is 12.1 Å². The Morgan fingerprint density at radius 2 is 2.12 bits per heavy atom. The summed E-state index contributed by atoms with van der Waals surface area (Å²) in [6.07, 6.45) is 2.08. The van der Waals surface area contributed by atoms with Crippen LogP contribution < -0.4 is 4.90 Å². The molecule has 0 amide bonds. The van der Waals surface area contributed by atoms with Gasteiger partial charge in [0.2, 0.25) is 0 Å². The molecule has 94 valence electrons. The predicted octanol–water partition coefficient (Wildman–Crippen LogP) is 2.08. The van der Waals surface area contributed by atoms with E-state index in [0.717, 1.165) is 43.0 Å². The van der Waals surface area contributed by atoms with Crippen LogP contribution in [0, 0.1) is 0 Å². The van der Waals surface area contributed by atoms with Crippen LogP contribution in [0.4, 0.5) is 5.82 Å². The van der Waals surface area contributed by atoms with E-state index in [9.17, 15) is 5.11 Å². The summed E-state index contributed by atoms with van der Waals surface area (Å²) in [7, 11) is 0. The fourth-order valence-corrected chi connectivity index (χ4v) is 2.97. The average Bonchev–Trinajstić information content (AvgIpc) is 2.40. The van der Waals surface area contributed by atoms with Crippen molar-refractivity contribution in [3.63, 3.8) is 0 Å². The van der Waals surface area contributed by atoms with Crippen molar-refractivity contribution in [3.05, 3.63) is 23.4 Å². The third-order valence-corrected chi connectivity index (χ3v) is 3.89. The van der Waals surface area contributed by atoms with E-state index in [0.29, 0.717) is 0 Å². The number of hydrogen-bond donors (Lipinski definition) is 1. The van der Waals surface area contributed by atoms with Crippen LogP contribution >= 0.6 is 11.8 Å². The molecule has 4 heteroatoms. The van der Waals surface area contributed by atoms with Gasteiger partial charge in [0.25, 0.3) is 0 Å². The first-order valence-corrected chi connectivity index (χ1v) is 7.42. The minimum atomic E-state index is 0.106. The fourth-order valence-electron chi connectivity index (χ4n) is 2.06. The smallest absolute Gasteiger partial charge is 0.129 e. The fraction of sp³-hybridized carbons (Fsp3) is 0.615. The molecule has 1 fully saturated rings. The summed E-state index contributed by atoms with van der Waals surface area (Å²) in [6.45, 7) is 4.40. The van der Waals surface area contributed by atoms with Crippen molar-refractivity contribution in [1.29, 1.82) is 0 Å². The van der Waals surface area contributed by atoms with Crippen molar-refractivity contribution in [1.82, 2.24) is 4.98 Å². The first-order valence-electron chi connectivity index (χ1n) is 6.27. The molecule has 1 N–H and O–H groups in total. The van der Waals surface area contributed by atoms with Gasteiger partial charge in [-0.1, -0.05) is 13.3 Å². The number of pyridine rings is 1. The number of rotatable bonds is 4. The molecule has 0 atom stereocenters. The highest BCUT2D eigenvalue weighted by atomic mass is 32.2. The summed E-state index contributed by atoms with van der Waals surface area (Å²) < 4.78 is 0. The van der Waals surface area contributed by atoms with Gasteiger partial charge in [-0.15, -0.1) is 0 Å². The molecule has 0 aromatic carbocycles. The third kappa shape index (κ3) is 3.36. The van der Waals surface area contributed by atoms with Crippen molar-refractivity contribution >= 4 is 17.6 Å². The van der Waals surface area contributed by atoms with E-state index in [1.54, 1.807) is 0 Å². The molecule has 17 heavy (non-hydrogen) atoms. The maximum atomic E-state index is 9.30. The van der Waals surface area contributed by atoms with Crippen LogP contribution in [0.5, 0.6) is 0 Å². The maximum Gasteiger partial charge on any atom is 0.129 e. The lowest BCUT2D eigenvalue weighted by Crippen LogP contribution is -2.33. The summed E-state index contributed by atoms with van der Waals surface area (Å²) in [5.74, 6) is 3.39. The normalized spacial score (nSPS) is 16.2. The minimum absolute atomic E-state index is 0.106. The summed E-state index contributed by atoms with van der Waals surface area (Å²) >= 11 is 2.00. The molecular weight excluding hydrogens is 232 g/mol. The summed E-state index contributed by atoms with van der Waals surface area (Å²) in [6, 6.07) is 4.04. The van der Waals surface area contributed by atoms with Gasteiger partial charge in [0.05, 0.1) is 6.61 Å². The lowest BCUT2D eigenvalue weighted by molar-refractivity contribution is 0.281. The molecule has 0 unspecified atom stereocenters. The van der Waals surface area contributed by atoms with Crippen LogP contribution in [0.3, 0.4) is 0 Å². The molecule has 2 heterocycles. The number of nitrogens with zero attached hydrogens (tertiary/aromatic N) is 2. The number of aliphatic hydroxyl groups is 1. The van der Waals surface area contributed by atoms with Crippen molar-refractivity contribution in [2.24, 2.45) is 0 Å². The molecule has 1 saturated heterocycles. The molecule has 1 aromatic rings. The van der Waals surface area contributed by atoms with Gasteiger partial charge in [-0.3, -0.25) is 0 Å². The highest BCUT2D eigenvalue weighted by molar-refractivity contribution is 7.99. The molecule has 1 aliphatic rings. The lowest BCUT2D eigenvalue weighted by atomic mass is 10.1. The van der Waals surface area contributed by atoms with Gasteiger partial charge in [0, 0.05) is 30.3 Å². The minimum Gasteiger partial charge on any atom is -0.392 e. The van der Waals surface area contributed by atoms with Crippen molar-refractivity contribution in [3.8, 4) is 0 Å². The Bertz CT molecular complexity index is 364. The van der Waals surface area contributed by atoms with Gasteiger partial charge in [-0.25, -0.2) is 4.98 Å².